The molecule has 0 saturated carbocycles. The maximum absolute atomic E-state index is 5.88. The van der Waals surface area contributed by atoms with Crippen LogP contribution in [0.2, 0.25) is 0 Å². The molecule has 9 rings (SSSR count). The Morgan fingerprint density at radius 3 is 1.53 bits per heavy atom. The van der Waals surface area contributed by atoms with Crippen molar-refractivity contribution < 1.29 is 0 Å². The number of rotatable bonds is 5. The number of hydrogen-bond acceptors (Lipinski definition) is 4. The van der Waals surface area contributed by atoms with E-state index >= 15 is 0 Å². The van der Waals surface area contributed by atoms with Gasteiger partial charge in [-0.3, -0.25) is 9.80 Å². The number of fused-ring (bicyclic) bond motifs is 4. The van der Waals surface area contributed by atoms with Gasteiger partial charge in [0.15, 0.2) is 0 Å². The van der Waals surface area contributed by atoms with Crippen LogP contribution in [-0.4, -0.2) is 11.7 Å². The van der Waals surface area contributed by atoms with E-state index in [2.05, 4.69) is 236 Å². The lowest BCUT2D eigenvalue weighted by atomic mass is 9.33. The van der Waals surface area contributed by atoms with Gasteiger partial charge in [0.2, 0.25) is 0 Å². The zero-order valence-electron chi connectivity index (χ0n) is 37.2. The van der Waals surface area contributed by atoms with Gasteiger partial charge in [0.1, 0.15) is 11.6 Å². The van der Waals surface area contributed by atoms with Crippen molar-refractivity contribution in [1.29, 1.82) is 0 Å². The maximum Gasteiger partial charge on any atom is 0.254 e. The quantitative estimate of drug-likeness (QED) is 0.162. The topological polar surface area (TPSA) is 22.6 Å². The summed E-state index contributed by atoms with van der Waals surface area (Å²) in [5.41, 5.74) is 18.2. The highest BCUT2D eigenvalue weighted by Crippen LogP contribution is 2.47. The number of benzene rings is 6. The van der Waals surface area contributed by atoms with Crippen LogP contribution in [0.1, 0.15) is 90.1 Å². The first-order chi connectivity index (χ1) is 28.5. The number of hydrogen-bond donors (Lipinski definition) is 0. The second kappa shape index (κ2) is 14.3. The molecule has 0 unspecified atom stereocenters. The monoisotopic (exact) mass is 784 g/mol. The molecule has 0 aliphatic carbocycles. The summed E-state index contributed by atoms with van der Waals surface area (Å²) in [4.78, 5) is 13.2. The zero-order chi connectivity index (χ0) is 42.3. The van der Waals surface area contributed by atoms with Crippen molar-refractivity contribution in [3.8, 4) is 0 Å². The van der Waals surface area contributed by atoms with Crippen LogP contribution >= 0.6 is 0 Å². The molecule has 0 fully saturated rings. The molecular weight excluding hydrogens is 727 g/mol. The minimum Gasteiger partial charge on any atom is -0.311 e. The molecule has 7 aromatic rings. The third kappa shape index (κ3) is 6.69. The molecule has 0 spiro atoms. The number of pyridine rings is 1. The fraction of sp³-hybridized carbons (Fsp3) is 0.255. The molecule has 60 heavy (non-hydrogen) atoms. The van der Waals surface area contributed by atoms with E-state index in [1.54, 1.807) is 0 Å². The van der Waals surface area contributed by atoms with Crippen LogP contribution in [0.4, 0.5) is 51.4 Å². The van der Waals surface area contributed by atoms with E-state index in [4.69, 9.17) is 4.98 Å². The fourth-order valence-corrected chi connectivity index (χ4v) is 9.28. The molecule has 0 saturated heterocycles. The van der Waals surface area contributed by atoms with Crippen molar-refractivity contribution in [1.82, 2.24) is 4.98 Å². The van der Waals surface area contributed by atoms with Gasteiger partial charge in [0.25, 0.3) is 6.71 Å². The Morgan fingerprint density at radius 1 is 0.467 bits per heavy atom. The third-order valence-electron chi connectivity index (χ3n) is 12.5. The van der Waals surface area contributed by atoms with Gasteiger partial charge >= 0.3 is 0 Å². The van der Waals surface area contributed by atoms with Gasteiger partial charge in [-0.2, -0.15) is 0 Å². The van der Waals surface area contributed by atoms with Crippen LogP contribution in [-0.2, 0) is 16.2 Å². The minimum absolute atomic E-state index is 0.0225. The first-order valence-electron chi connectivity index (χ1n) is 21.5. The molecule has 0 atom stereocenters. The van der Waals surface area contributed by atoms with Crippen molar-refractivity contribution in [2.24, 2.45) is 0 Å². The number of nitrogens with zero attached hydrogens (tertiary/aromatic N) is 4. The zero-order valence-corrected chi connectivity index (χ0v) is 37.2. The van der Waals surface area contributed by atoms with Gasteiger partial charge in [-0.05, 0) is 135 Å². The van der Waals surface area contributed by atoms with Crippen molar-refractivity contribution in [2.45, 2.75) is 92.4 Å². The molecule has 3 heterocycles. The van der Waals surface area contributed by atoms with Gasteiger partial charge in [-0.25, -0.2) is 4.98 Å². The number of aromatic nitrogens is 1. The molecule has 2 aliphatic rings. The first kappa shape index (κ1) is 39.4. The van der Waals surface area contributed by atoms with E-state index < -0.39 is 0 Å². The van der Waals surface area contributed by atoms with E-state index in [0.717, 1.165) is 28.7 Å². The summed E-state index contributed by atoms with van der Waals surface area (Å²) in [6.07, 6.45) is 0. The highest BCUT2D eigenvalue weighted by atomic mass is 15.3. The Bertz CT molecular complexity index is 2710. The third-order valence-corrected chi connectivity index (χ3v) is 12.5. The molecule has 2 aliphatic heterocycles. The molecule has 0 radical (unpaired) electrons. The molecule has 1 aromatic heterocycles. The molecule has 5 heteroatoms. The van der Waals surface area contributed by atoms with Crippen molar-refractivity contribution in [3.05, 3.63) is 173 Å². The van der Waals surface area contributed by atoms with Gasteiger partial charge in [-0.1, -0.05) is 147 Å². The lowest BCUT2D eigenvalue weighted by Gasteiger charge is -2.44. The van der Waals surface area contributed by atoms with Gasteiger partial charge in [0.05, 0.1) is 5.69 Å². The maximum atomic E-state index is 5.88. The fourth-order valence-electron chi connectivity index (χ4n) is 9.28. The smallest absolute Gasteiger partial charge is 0.254 e. The number of anilines is 9. The highest BCUT2D eigenvalue weighted by Gasteiger charge is 2.45. The summed E-state index contributed by atoms with van der Waals surface area (Å²) in [6.45, 7) is 25.2. The largest absolute Gasteiger partial charge is 0.311 e. The van der Waals surface area contributed by atoms with E-state index in [-0.39, 0.29) is 23.0 Å². The molecule has 0 amide bonds. The summed E-state index contributed by atoms with van der Waals surface area (Å²) in [5.74, 6) is 1.84. The van der Waals surface area contributed by atoms with E-state index in [0.29, 0.717) is 0 Å². The lowest BCUT2D eigenvalue weighted by molar-refractivity contribution is 0.589. The number of para-hydroxylation sites is 3. The van der Waals surface area contributed by atoms with Crippen molar-refractivity contribution in [3.63, 3.8) is 0 Å². The van der Waals surface area contributed by atoms with Crippen LogP contribution in [0.5, 0.6) is 0 Å². The normalized spacial score (nSPS) is 13.5. The average molecular weight is 785 g/mol. The second-order valence-electron chi connectivity index (χ2n) is 19.9. The van der Waals surface area contributed by atoms with Crippen LogP contribution < -0.4 is 31.1 Å². The van der Waals surface area contributed by atoms with Crippen LogP contribution in [0, 0.1) is 13.8 Å². The molecule has 300 valence electrons. The summed E-state index contributed by atoms with van der Waals surface area (Å²) >= 11 is 0. The van der Waals surface area contributed by atoms with Gasteiger partial charge in [-0.15, -0.1) is 0 Å². The Hall–Kier alpha value is -6.07. The van der Waals surface area contributed by atoms with Crippen LogP contribution in [0.3, 0.4) is 0 Å². The van der Waals surface area contributed by atoms with E-state index in [1.165, 1.54) is 67.0 Å². The lowest BCUT2D eigenvalue weighted by Crippen LogP contribution is -2.61. The summed E-state index contributed by atoms with van der Waals surface area (Å²) < 4.78 is 0. The van der Waals surface area contributed by atoms with Gasteiger partial charge in [0, 0.05) is 34.1 Å². The summed E-state index contributed by atoms with van der Waals surface area (Å²) in [6, 6.07) is 54.0. The van der Waals surface area contributed by atoms with Crippen molar-refractivity contribution >= 4 is 74.5 Å². The second-order valence-corrected chi connectivity index (χ2v) is 19.9. The highest BCUT2D eigenvalue weighted by molar-refractivity contribution is 7.00. The van der Waals surface area contributed by atoms with Crippen LogP contribution in [0.25, 0.3) is 0 Å². The summed E-state index contributed by atoms with van der Waals surface area (Å²) in [5, 5.41) is 0. The minimum atomic E-state index is -0.109. The molecule has 4 nitrogen and oxygen atoms in total. The summed E-state index contributed by atoms with van der Waals surface area (Å²) in [7, 11) is 0. The first-order valence-corrected chi connectivity index (χ1v) is 21.5. The molecular formula is C55H57BN4. The Labute approximate surface area is 358 Å². The van der Waals surface area contributed by atoms with Crippen LogP contribution in [0.15, 0.2) is 146 Å². The van der Waals surface area contributed by atoms with Gasteiger partial charge < -0.3 is 4.90 Å². The van der Waals surface area contributed by atoms with Crippen molar-refractivity contribution in [2.75, 3.05) is 14.7 Å². The molecule has 0 bridgehead atoms. The SMILES string of the molecule is Cc1cc(C(C)(C)C)cc(C)c1N(c1ccc(C(C)(C)C)cc1)c1ccc2c(n1)N(c1ccccc1)c1cc(C(C)(C)C)cc3c1B2c1ccccc1N3c1ccccc1. The Kier molecular flexibility index (Phi) is 9.39. The van der Waals surface area contributed by atoms with E-state index in [1.807, 2.05) is 0 Å². The predicted octanol–water partition coefficient (Wildman–Crippen LogP) is 13.1. The Morgan fingerprint density at radius 2 is 0.967 bits per heavy atom. The van der Waals surface area contributed by atoms with E-state index in [9.17, 15) is 0 Å². The molecule has 0 N–H and O–H groups in total. The predicted molar refractivity (Wildman–Crippen MR) is 259 cm³/mol. The standard InChI is InChI=1S/C55H57BN4/c1-36-32-39(54(6,7)8)33-37(2)51(36)60(43-28-26-38(27-29-43)53(3,4)5)49-31-30-45-52(57-49)59(42-22-16-13-17-23-42)48-35-40(55(9,10)11)34-47-50(48)56(45)44-24-18-19-25-46(44)58(47)41-20-14-12-15-21-41/h12-35H,1-11H3. The Balaban J connectivity index is 1.34. The average Bonchev–Trinajstić information content (AvgIpc) is 3.21. The molecule has 6 aromatic carbocycles. The number of aryl methyl sites for hydroxylation is 2.